The van der Waals surface area contributed by atoms with Crippen molar-refractivity contribution in [3.63, 3.8) is 0 Å². The first-order valence-electron chi connectivity index (χ1n) is 11.2. The van der Waals surface area contributed by atoms with Gasteiger partial charge in [-0.1, -0.05) is 12.2 Å². The van der Waals surface area contributed by atoms with Crippen molar-refractivity contribution in [1.29, 1.82) is 0 Å². The van der Waals surface area contributed by atoms with Crippen LogP contribution in [0.25, 0.3) is 17.1 Å². The van der Waals surface area contributed by atoms with Crippen molar-refractivity contribution in [1.82, 2.24) is 19.6 Å². The average Bonchev–Trinajstić information content (AvgIpc) is 3.35. The van der Waals surface area contributed by atoms with Gasteiger partial charge in [-0.15, -0.1) is 0 Å². The lowest BCUT2D eigenvalue weighted by Crippen LogP contribution is -2.35. The Bertz CT molecular complexity index is 1250. The van der Waals surface area contributed by atoms with Crippen molar-refractivity contribution in [2.75, 3.05) is 25.1 Å². The maximum absolute atomic E-state index is 13.3. The summed E-state index contributed by atoms with van der Waals surface area (Å²) in [7, 11) is 1.51. The fraction of sp³-hybridized carbons (Fsp3) is 0.320. The zero-order valence-electron chi connectivity index (χ0n) is 18.5. The van der Waals surface area contributed by atoms with Gasteiger partial charge in [0.15, 0.2) is 11.4 Å². The number of hydrogen-bond donors (Lipinski definition) is 0. The van der Waals surface area contributed by atoms with Crippen molar-refractivity contribution in [2.24, 2.45) is 0 Å². The minimum absolute atomic E-state index is 0.125. The van der Waals surface area contributed by atoms with Gasteiger partial charge in [0.05, 0.1) is 36.9 Å². The van der Waals surface area contributed by atoms with E-state index in [-0.39, 0.29) is 23.0 Å². The molecule has 33 heavy (non-hydrogen) atoms. The van der Waals surface area contributed by atoms with Gasteiger partial charge in [-0.3, -0.25) is 9.48 Å². The first-order valence-corrected chi connectivity index (χ1v) is 11.2. The molecule has 1 aromatic carbocycles. The van der Waals surface area contributed by atoms with E-state index in [0.717, 1.165) is 50.2 Å². The molecule has 0 N–H and O–H groups in total. The van der Waals surface area contributed by atoms with Crippen molar-refractivity contribution in [2.45, 2.75) is 31.7 Å². The van der Waals surface area contributed by atoms with Gasteiger partial charge in [-0.25, -0.2) is 9.07 Å². The summed E-state index contributed by atoms with van der Waals surface area (Å²) in [4.78, 5) is 15.4. The van der Waals surface area contributed by atoms with Gasteiger partial charge in [0.2, 0.25) is 0 Å². The van der Waals surface area contributed by atoms with E-state index in [2.05, 4.69) is 22.2 Å². The van der Waals surface area contributed by atoms with Gasteiger partial charge < -0.3 is 9.64 Å². The summed E-state index contributed by atoms with van der Waals surface area (Å²) in [6.07, 6.45) is 13.3. The van der Waals surface area contributed by atoms with Crippen LogP contribution in [0.15, 0.2) is 65.7 Å². The van der Waals surface area contributed by atoms with Crippen molar-refractivity contribution >= 4 is 11.4 Å². The lowest BCUT2D eigenvalue weighted by Gasteiger charge is -2.34. The molecule has 5 rings (SSSR count). The summed E-state index contributed by atoms with van der Waals surface area (Å²) in [5.74, 6) is 0.0336. The van der Waals surface area contributed by atoms with E-state index in [1.165, 1.54) is 19.2 Å². The minimum atomic E-state index is -0.250. The monoisotopic (exact) mass is 447 g/mol. The molecule has 7 nitrogen and oxygen atoms in total. The molecule has 3 heterocycles. The standard InChI is InChI=1S/C25H26FN5O2/c1-33-23-17-30(20-12-15-29(16-13-20)19-9-7-18(26)8-10-19)28-24(25(23)32)22-11-14-27-31(22)21-5-3-2-4-6-21/h3,5-11,14,17,20H,2,4,12-13,15-16H2,1H3. The molecule has 170 valence electrons. The maximum atomic E-state index is 13.3. The Balaban J connectivity index is 1.44. The number of aromatic nitrogens is 4. The predicted molar refractivity (Wildman–Crippen MR) is 126 cm³/mol. The number of ether oxygens (including phenoxy) is 1. The summed E-state index contributed by atoms with van der Waals surface area (Å²) in [6.45, 7) is 1.63. The van der Waals surface area contributed by atoms with E-state index in [1.807, 2.05) is 29.0 Å². The highest BCUT2D eigenvalue weighted by Crippen LogP contribution is 2.28. The smallest absolute Gasteiger partial charge is 0.251 e. The van der Waals surface area contributed by atoms with Crippen molar-refractivity contribution in [3.05, 3.63) is 77.0 Å². The SMILES string of the molecule is COc1cn(C2CCN(c3ccc(F)cc3)CC2)nc(-c2ccnn2C2=CCCC=C2)c1=O. The van der Waals surface area contributed by atoms with Crippen molar-refractivity contribution < 1.29 is 9.13 Å². The second-order valence-corrected chi connectivity index (χ2v) is 8.29. The summed E-state index contributed by atoms with van der Waals surface area (Å²) >= 11 is 0. The van der Waals surface area contributed by atoms with Gasteiger partial charge in [0.1, 0.15) is 5.82 Å². The largest absolute Gasteiger partial charge is 0.491 e. The van der Waals surface area contributed by atoms with Crippen LogP contribution in [0.1, 0.15) is 31.7 Å². The minimum Gasteiger partial charge on any atom is -0.491 e. The molecule has 3 aromatic rings. The highest BCUT2D eigenvalue weighted by molar-refractivity contribution is 5.67. The molecule has 8 heteroatoms. The molecule has 1 saturated heterocycles. The van der Waals surface area contributed by atoms with E-state index in [4.69, 9.17) is 9.84 Å². The Hall–Kier alpha value is -3.68. The molecule has 0 bridgehead atoms. The number of anilines is 1. The van der Waals surface area contributed by atoms with E-state index >= 15 is 0 Å². The molecule has 2 aliphatic rings. The number of methoxy groups -OCH3 is 1. The number of allylic oxidation sites excluding steroid dienone is 4. The second kappa shape index (κ2) is 9.05. The lowest BCUT2D eigenvalue weighted by molar-refractivity contribution is 0.346. The molecule has 0 radical (unpaired) electrons. The van der Waals surface area contributed by atoms with Crippen LogP contribution in [0.2, 0.25) is 0 Å². The molecule has 1 aliphatic carbocycles. The van der Waals surface area contributed by atoms with E-state index in [1.54, 1.807) is 17.1 Å². The summed E-state index contributed by atoms with van der Waals surface area (Å²) in [6, 6.07) is 8.53. The third-order valence-corrected chi connectivity index (χ3v) is 6.26. The Labute approximate surface area is 191 Å². The Morgan fingerprint density at radius 2 is 1.88 bits per heavy atom. The van der Waals surface area contributed by atoms with E-state index in [9.17, 15) is 9.18 Å². The third kappa shape index (κ3) is 4.20. The Kier molecular flexibility index (Phi) is 5.81. The number of rotatable bonds is 5. The summed E-state index contributed by atoms with van der Waals surface area (Å²) < 4.78 is 22.3. The molecule has 2 aromatic heterocycles. The van der Waals surface area contributed by atoms with Gasteiger partial charge in [-0.2, -0.15) is 10.2 Å². The molecule has 0 amide bonds. The number of hydrogen-bond acceptors (Lipinski definition) is 5. The molecule has 0 spiro atoms. The summed E-state index contributed by atoms with van der Waals surface area (Å²) in [5.41, 5.74) is 2.67. The number of nitrogens with zero attached hydrogens (tertiary/aromatic N) is 5. The Morgan fingerprint density at radius 3 is 2.58 bits per heavy atom. The molecule has 0 saturated carbocycles. The van der Waals surface area contributed by atoms with Crippen LogP contribution in [0.3, 0.4) is 0 Å². The fourth-order valence-corrected chi connectivity index (χ4v) is 4.47. The van der Waals surface area contributed by atoms with Crippen LogP contribution < -0.4 is 15.1 Å². The third-order valence-electron chi connectivity index (χ3n) is 6.26. The first-order chi connectivity index (χ1) is 16.1. The zero-order valence-corrected chi connectivity index (χ0v) is 18.5. The number of piperidine rings is 1. The van der Waals surface area contributed by atoms with Gasteiger partial charge >= 0.3 is 0 Å². The molecule has 0 atom stereocenters. The molecule has 1 aliphatic heterocycles. The van der Waals surface area contributed by atoms with Gasteiger partial charge in [0.25, 0.3) is 5.43 Å². The first kappa shape index (κ1) is 21.2. The summed E-state index contributed by atoms with van der Waals surface area (Å²) in [5, 5.41) is 9.20. The van der Waals surface area contributed by atoms with Crippen LogP contribution in [-0.2, 0) is 0 Å². The number of benzene rings is 1. The van der Waals surface area contributed by atoms with Crippen LogP contribution >= 0.6 is 0 Å². The van der Waals surface area contributed by atoms with Gasteiger partial charge in [-0.05, 0) is 62.1 Å². The topological polar surface area (TPSA) is 65.2 Å². The predicted octanol–water partition coefficient (Wildman–Crippen LogP) is 4.29. The average molecular weight is 448 g/mol. The van der Waals surface area contributed by atoms with Crippen LogP contribution in [0, 0.1) is 5.82 Å². The van der Waals surface area contributed by atoms with E-state index < -0.39 is 0 Å². The molecular formula is C25H26FN5O2. The number of halogens is 1. The lowest BCUT2D eigenvalue weighted by atomic mass is 10.0. The van der Waals surface area contributed by atoms with Crippen molar-refractivity contribution in [3.8, 4) is 17.1 Å². The zero-order chi connectivity index (χ0) is 22.8. The second-order valence-electron chi connectivity index (χ2n) is 8.29. The Morgan fingerprint density at radius 1 is 1.09 bits per heavy atom. The normalized spacial score (nSPS) is 16.7. The quantitative estimate of drug-likeness (QED) is 0.584. The van der Waals surface area contributed by atoms with Crippen LogP contribution in [0.5, 0.6) is 5.75 Å². The van der Waals surface area contributed by atoms with Gasteiger partial charge in [0, 0.05) is 18.8 Å². The molecular weight excluding hydrogens is 421 g/mol. The highest BCUT2D eigenvalue weighted by Gasteiger charge is 2.24. The maximum Gasteiger partial charge on any atom is 0.251 e. The molecule has 1 fully saturated rings. The molecule has 0 unspecified atom stereocenters. The fourth-order valence-electron chi connectivity index (χ4n) is 4.47. The van der Waals surface area contributed by atoms with Crippen LogP contribution in [-0.4, -0.2) is 39.8 Å². The van der Waals surface area contributed by atoms with E-state index in [0.29, 0.717) is 11.4 Å². The highest BCUT2D eigenvalue weighted by atomic mass is 19.1. The van der Waals surface area contributed by atoms with Crippen LogP contribution in [0.4, 0.5) is 10.1 Å².